The maximum Gasteiger partial charge on any atom is 0.407 e. The van der Waals surface area contributed by atoms with Crippen molar-refractivity contribution in [2.45, 2.75) is 69.4 Å². The molecular weight excluding hydrogens is 440 g/mol. The Morgan fingerprint density at radius 2 is 2.03 bits per heavy atom. The Labute approximate surface area is 199 Å². The second-order valence-electron chi connectivity index (χ2n) is 9.07. The largest absolute Gasteiger partial charge is 0.444 e. The number of nitrogens with zero attached hydrogens (tertiary/aromatic N) is 3. The van der Waals surface area contributed by atoms with Gasteiger partial charge in [-0.15, -0.1) is 0 Å². The monoisotopic (exact) mass is 472 g/mol. The standard InChI is InChI=1S/C24H32N4O4S/c1-24(2,3)32-23(29)26-15-4-5-17-27(33-20-13-11-19(12-14-20)28(30)31)21-10-6-8-18-9-7-16-25-22(18)21/h7,9,11-14,16,21H,4-6,8,10,15,17H2,1-3H3,(H,26,29). The summed E-state index contributed by atoms with van der Waals surface area (Å²) in [5.74, 6) is 0. The fraction of sp³-hybridized carbons (Fsp3) is 0.500. The van der Waals surface area contributed by atoms with Crippen LogP contribution in [0.25, 0.3) is 0 Å². The number of amides is 1. The molecule has 1 aliphatic rings. The van der Waals surface area contributed by atoms with Gasteiger partial charge in [0.1, 0.15) is 5.60 Å². The minimum Gasteiger partial charge on any atom is -0.444 e. The lowest BCUT2D eigenvalue weighted by molar-refractivity contribution is -0.384. The molecule has 1 N–H and O–H groups in total. The summed E-state index contributed by atoms with van der Waals surface area (Å²) in [5, 5.41) is 13.8. The Bertz CT molecular complexity index is 946. The van der Waals surface area contributed by atoms with Crippen LogP contribution in [0, 0.1) is 10.1 Å². The molecule has 1 heterocycles. The van der Waals surface area contributed by atoms with Crippen LogP contribution in [0.5, 0.6) is 0 Å². The zero-order chi connectivity index (χ0) is 23.8. The van der Waals surface area contributed by atoms with Crippen LogP contribution in [0.4, 0.5) is 10.5 Å². The van der Waals surface area contributed by atoms with E-state index in [0.717, 1.165) is 49.2 Å². The number of nitrogens with one attached hydrogen (secondary N) is 1. The van der Waals surface area contributed by atoms with E-state index in [9.17, 15) is 14.9 Å². The molecule has 1 atom stereocenters. The van der Waals surface area contributed by atoms with Crippen molar-refractivity contribution in [3.05, 3.63) is 64.0 Å². The number of alkyl carbamates (subject to hydrolysis) is 1. The Hall–Kier alpha value is -2.65. The highest BCUT2D eigenvalue weighted by atomic mass is 32.2. The lowest BCUT2D eigenvalue weighted by atomic mass is 9.92. The number of nitro benzene ring substituents is 1. The fourth-order valence-electron chi connectivity index (χ4n) is 3.79. The molecule has 8 nitrogen and oxygen atoms in total. The summed E-state index contributed by atoms with van der Waals surface area (Å²) in [6.07, 6.45) is 6.30. The minimum atomic E-state index is -0.510. The van der Waals surface area contributed by atoms with E-state index in [1.165, 1.54) is 5.56 Å². The Morgan fingerprint density at radius 1 is 1.27 bits per heavy atom. The van der Waals surface area contributed by atoms with Crippen molar-refractivity contribution in [3.8, 4) is 0 Å². The van der Waals surface area contributed by atoms with Gasteiger partial charge < -0.3 is 10.1 Å². The van der Waals surface area contributed by atoms with Crippen LogP contribution in [-0.4, -0.2) is 39.0 Å². The van der Waals surface area contributed by atoms with Crippen LogP contribution in [0.2, 0.25) is 0 Å². The lowest BCUT2D eigenvalue weighted by Gasteiger charge is -2.34. The predicted octanol–water partition coefficient (Wildman–Crippen LogP) is 5.68. The first-order valence-electron chi connectivity index (χ1n) is 11.3. The number of fused-ring (bicyclic) bond motifs is 1. The number of nitro groups is 1. The van der Waals surface area contributed by atoms with Gasteiger partial charge in [0, 0.05) is 36.3 Å². The van der Waals surface area contributed by atoms with Crippen molar-refractivity contribution in [2.75, 3.05) is 13.1 Å². The minimum absolute atomic E-state index is 0.0868. The Balaban J connectivity index is 1.64. The highest BCUT2D eigenvalue weighted by Crippen LogP contribution is 2.39. The molecule has 1 aromatic carbocycles. The number of carbonyl (C=O) groups excluding carboxylic acids is 1. The van der Waals surface area contributed by atoms with E-state index in [1.807, 2.05) is 33.0 Å². The van der Waals surface area contributed by atoms with Gasteiger partial charge >= 0.3 is 6.09 Å². The normalized spacial score (nSPS) is 15.7. The summed E-state index contributed by atoms with van der Waals surface area (Å²) in [7, 11) is 0. The van der Waals surface area contributed by atoms with E-state index >= 15 is 0 Å². The summed E-state index contributed by atoms with van der Waals surface area (Å²) in [5.41, 5.74) is 1.98. The second-order valence-corrected chi connectivity index (χ2v) is 10.2. The molecule has 2 aromatic rings. The van der Waals surface area contributed by atoms with Gasteiger partial charge in [0.15, 0.2) is 0 Å². The molecule has 33 heavy (non-hydrogen) atoms. The predicted molar refractivity (Wildman–Crippen MR) is 129 cm³/mol. The summed E-state index contributed by atoms with van der Waals surface area (Å²) in [4.78, 5) is 28.1. The first-order valence-corrected chi connectivity index (χ1v) is 12.1. The van der Waals surface area contributed by atoms with Gasteiger partial charge in [0.2, 0.25) is 0 Å². The molecule has 0 saturated heterocycles. The van der Waals surface area contributed by atoms with E-state index in [1.54, 1.807) is 36.2 Å². The molecule has 1 aromatic heterocycles. The van der Waals surface area contributed by atoms with Crippen molar-refractivity contribution < 1.29 is 14.5 Å². The van der Waals surface area contributed by atoms with E-state index in [0.29, 0.717) is 6.54 Å². The third-order valence-electron chi connectivity index (χ3n) is 5.26. The number of hydrogen-bond acceptors (Lipinski definition) is 7. The number of non-ortho nitro benzene ring substituents is 1. The maximum absolute atomic E-state index is 11.9. The van der Waals surface area contributed by atoms with Crippen LogP contribution < -0.4 is 5.32 Å². The van der Waals surface area contributed by atoms with Gasteiger partial charge in [-0.25, -0.2) is 9.10 Å². The number of rotatable bonds is 9. The van der Waals surface area contributed by atoms with Crippen molar-refractivity contribution >= 4 is 23.7 Å². The number of aromatic nitrogens is 1. The summed E-state index contributed by atoms with van der Waals surface area (Å²) >= 11 is 1.61. The van der Waals surface area contributed by atoms with Crippen molar-refractivity contribution in [2.24, 2.45) is 0 Å². The van der Waals surface area contributed by atoms with Gasteiger partial charge in [-0.2, -0.15) is 0 Å². The lowest BCUT2D eigenvalue weighted by Crippen LogP contribution is -2.33. The summed E-state index contributed by atoms with van der Waals surface area (Å²) in [6.45, 7) is 6.88. The van der Waals surface area contributed by atoms with E-state index < -0.39 is 11.7 Å². The maximum atomic E-state index is 11.9. The van der Waals surface area contributed by atoms with Gasteiger partial charge in [0.05, 0.1) is 16.7 Å². The fourth-order valence-corrected chi connectivity index (χ4v) is 4.87. The quantitative estimate of drug-likeness (QED) is 0.217. The first kappa shape index (κ1) is 25.0. The number of carbonyl (C=O) groups is 1. The number of aryl methyl sites for hydroxylation is 1. The van der Waals surface area contributed by atoms with Gasteiger partial charge in [-0.05, 0) is 88.6 Å². The first-order chi connectivity index (χ1) is 15.7. The number of pyridine rings is 1. The average Bonchev–Trinajstić information content (AvgIpc) is 2.77. The zero-order valence-electron chi connectivity index (χ0n) is 19.5. The third-order valence-corrected chi connectivity index (χ3v) is 6.41. The van der Waals surface area contributed by atoms with E-state index in [4.69, 9.17) is 4.74 Å². The number of benzene rings is 1. The smallest absolute Gasteiger partial charge is 0.407 e. The molecule has 3 rings (SSSR count). The Kier molecular flexibility index (Phi) is 8.68. The molecule has 0 spiro atoms. The molecule has 178 valence electrons. The van der Waals surface area contributed by atoms with E-state index in [2.05, 4.69) is 20.7 Å². The van der Waals surface area contributed by atoms with E-state index in [-0.39, 0.29) is 16.7 Å². The summed E-state index contributed by atoms with van der Waals surface area (Å²) < 4.78 is 7.62. The average molecular weight is 473 g/mol. The second kappa shape index (κ2) is 11.5. The molecule has 0 aliphatic heterocycles. The van der Waals surface area contributed by atoms with Crippen molar-refractivity contribution in [1.82, 2.24) is 14.6 Å². The molecule has 0 radical (unpaired) electrons. The summed E-state index contributed by atoms with van der Waals surface area (Å²) in [6, 6.07) is 11.0. The van der Waals surface area contributed by atoms with Crippen LogP contribution in [0.3, 0.4) is 0 Å². The van der Waals surface area contributed by atoms with Crippen LogP contribution in [0.15, 0.2) is 47.5 Å². The molecule has 0 saturated carbocycles. The Morgan fingerprint density at radius 3 is 2.73 bits per heavy atom. The topological polar surface area (TPSA) is 97.6 Å². The van der Waals surface area contributed by atoms with Crippen molar-refractivity contribution in [1.29, 1.82) is 0 Å². The van der Waals surface area contributed by atoms with Gasteiger partial charge in [0.25, 0.3) is 5.69 Å². The van der Waals surface area contributed by atoms with Crippen LogP contribution in [0.1, 0.15) is 63.8 Å². The zero-order valence-corrected chi connectivity index (χ0v) is 20.3. The molecule has 0 fully saturated rings. The molecular formula is C24H32N4O4S. The third kappa shape index (κ3) is 7.71. The van der Waals surface area contributed by atoms with Crippen molar-refractivity contribution in [3.63, 3.8) is 0 Å². The molecule has 0 bridgehead atoms. The van der Waals surface area contributed by atoms with Crippen LogP contribution >= 0.6 is 11.9 Å². The SMILES string of the molecule is CC(C)(C)OC(=O)NCCCCN(Sc1ccc([N+](=O)[O-])cc1)C1CCCc2cccnc21. The molecule has 1 unspecified atom stereocenters. The van der Waals surface area contributed by atoms with Gasteiger partial charge in [-0.3, -0.25) is 15.1 Å². The molecule has 1 amide bonds. The molecule has 9 heteroatoms. The molecule has 1 aliphatic carbocycles. The highest BCUT2D eigenvalue weighted by Gasteiger charge is 2.28. The van der Waals surface area contributed by atoms with Crippen LogP contribution in [-0.2, 0) is 11.2 Å². The van der Waals surface area contributed by atoms with Gasteiger partial charge in [-0.1, -0.05) is 6.07 Å². The number of hydrogen-bond donors (Lipinski definition) is 1. The number of ether oxygens (including phenoxy) is 1. The number of unbranched alkanes of at least 4 members (excludes halogenated alkanes) is 1. The highest BCUT2D eigenvalue weighted by molar-refractivity contribution is 7.97.